The molecule has 0 aromatic heterocycles. The number of hydrogen-bond donors (Lipinski definition) is 0. The molecule has 0 amide bonds. The van der Waals surface area contributed by atoms with Gasteiger partial charge in [-0.2, -0.15) is 0 Å². The maximum absolute atomic E-state index is 12.6. The van der Waals surface area contributed by atoms with E-state index in [0.29, 0.717) is 38.5 Å². The topological polar surface area (TPSA) is 124 Å². The van der Waals surface area contributed by atoms with E-state index in [4.69, 9.17) is 28.4 Å². The number of esters is 4. The molecule has 1 heterocycles. The molecule has 10 nitrogen and oxygen atoms in total. The van der Waals surface area contributed by atoms with E-state index >= 15 is 0 Å². The fourth-order valence-corrected chi connectivity index (χ4v) is 6.10. The minimum absolute atomic E-state index is 0.0113. The van der Waals surface area contributed by atoms with Crippen molar-refractivity contribution in [1.82, 2.24) is 0 Å². The van der Waals surface area contributed by atoms with Crippen LogP contribution >= 0.6 is 0 Å². The first-order valence-corrected chi connectivity index (χ1v) is 20.9. The molecule has 0 aromatic carbocycles. The van der Waals surface area contributed by atoms with Crippen LogP contribution < -0.4 is 0 Å². The summed E-state index contributed by atoms with van der Waals surface area (Å²) in [5, 5.41) is 0. The van der Waals surface area contributed by atoms with Gasteiger partial charge >= 0.3 is 23.9 Å². The average molecular weight is 741 g/mol. The molecule has 2 atom stereocenters. The van der Waals surface area contributed by atoms with Crippen molar-refractivity contribution < 1.29 is 47.6 Å². The molecule has 0 aromatic rings. The zero-order valence-electron chi connectivity index (χ0n) is 34.0. The van der Waals surface area contributed by atoms with Crippen molar-refractivity contribution in [2.75, 3.05) is 26.4 Å². The summed E-state index contributed by atoms with van der Waals surface area (Å²) in [6.45, 7) is 12.4. The predicted molar refractivity (Wildman–Crippen MR) is 204 cm³/mol. The first-order valence-electron chi connectivity index (χ1n) is 20.9. The van der Waals surface area contributed by atoms with Crippen molar-refractivity contribution in [2.24, 2.45) is 5.41 Å². The van der Waals surface area contributed by atoms with Crippen LogP contribution in [0.2, 0.25) is 0 Å². The first-order chi connectivity index (χ1) is 24.9. The third-order valence-corrected chi connectivity index (χ3v) is 9.65. The van der Waals surface area contributed by atoms with Crippen LogP contribution in [0.5, 0.6) is 0 Å². The van der Waals surface area contributed by atoms with Gasteiger partial charge in [-0.1, -0.05) is 90.9 Å². The molecule has 1 aliphatic heterocycles. The molecule has 10 heteroatoms. The summed E-state index contributed by atoms with van der Waals surface area (Å²) in [5.74, 6) is -1.83. The van der Waals surface area contributed by atoms with E-state index in [1.807, 2.05) is 27.7 Å². The molecule has 0 N–H and O–H groups in total. The van der Waals surface area contributed by atoms with Crippen molar-refractivity contribution in [3.8, 4) is 0 Å². The lowest BCUT2D eigenvalue weighted by atomic mass is 9.91. The zero-order chi connectivity index (χ0) is 38.5. The Bertz CT molecular complexity index is 890. The van der Waals surface area contributed by atoms with E-state index in [9.17, 15) is 19.2 Å². The lowest BCUT2D eigenvalue weighted by Gasteiger charge is -2.42. The summed E-state index contributed by atoms with van der Waals surface area (Å²) in [7, 11) is 0. The fourth-order valence-electron chi connectivity index (χ4n) is 6.10. The van der Waals surface area contributed by atoms with E-state index in [1.165, 1.54) is 64.2 Å². The van der Waals surface area contributed by atoms with Crippen molar-refractivity contribution in [2.45, 2.75) is 214 Å². The molecular weight excluding hydrogens is 664 g/mol. The molecule has 52 heavy (non-hydrogen) atoms. The minimum atomic E-state index is -0.799. The molecule has 1 fully saturated rings. The van der Waals surface area contributed by atoms with Crippen LogP contribution in [0.1, 0.15) is 196 Å². The van der Waals surface area contributed by atoms with Gasteiger partial charge in [-0.25, -0.2) is 0 Å². The van der Waals surface area contributed by atoms with Gasteiger partial charge in [-0.15, -0.1) is 0 Å². The second kappa shape index (κ2) is 29.2. The van der Waals surface area contributed by atoms with E-state index in [1.54, 1.807) is 0 Å². The normalized spacial score (nSPS) is 16.1. The van der Waals surface area contributed by atoms with Gasteiger partial charge < -0.3 is 28.4 Å². The van der Waals surface area contributed by atoms with Gasteiger partial charge in [0.25, 0.3) is 0 Å². The van der Waals surface area contributed by atoms with Gasteiger partial charge in [0.1, 0.15) is 13.2 Å². The highest BCUT2D eigenvalue weighted by molar-refractivity contribution is 5.71. The van der Waals surface area contributed by atoms with Crippen LogP contribution in [0, 0.1) is 5.41 Å². The Morgan fingerprint density at radius 3 is 1.21 bits per heavy atom. The van der Waals surface area contributed by atoms with Gasteiger partial charge in [0.15, 0.2) is 5.79 Å². The summed E-state index contributed by atoms with van der Waals surface area (Å²) < 4.78 is 34.0. The number of ether oxygens (including phenoxy) is 6. The second-order valence-corrected chi connectivity index (χ2v) is 15.6. The smallest absolute Gasteiger partial charge is 0.306 e. The monoisotopic (exact) mass is 741 g/mol. The van der Waals surface area contributed by atoms with Crippen LogP contribution in [0.4, 0.5) is 0 Å². The highest BCUT2D eigenvalue weighted by Crippen LogP contribution is 2.31. The molecule has 0 radical (unpaired) electrons. The second-order valence-electron chi connectivity index (χ2n) is 15.6. The van der Waals surface area contributed by atoms with E-state index < -0.39 is 11.2 Å². The molecule has 1 saturated heterocycles. The first kappa shape index (κ1) is 47.8. The van der Waals surface area contributed by atoms with Crippen LogP contribution in [0.25, 0.3) is 0 Å². The third-order valence-electron chi connectivity index (χ3n) is 9.65. The number of unbranched alkanes of at least 4 members (excludes halogenated alkanes) is 14. The van der Waals surface area contributed by atoms with Crippen molar-refractivity contribution >= 4 is 23.9 Å². The molecule has 2 unspecified atom stereocenters. The van der Waals surface area contributed by atoms with E-state index in [0.717, 1.165) is 38.5 Å². The summed E-state index contributed by atoms with van der Waals surface area (Å²) in [6, 6.07) is 0. The van der Waals surface area contributed by atoms with Crippen molar-refractivity contribution in [1.29, 1.82) is 0 Å². The molecular formula is C42H76O10. The van der Waals surface area contributed by atoms with Crippen LogP contribution in [0.15, 0.2) is 0 Å². The maximum Gasteiger partial charge on any atom is 0.306 e. The van der Waals surface area contributed by atoms with Crippen LogP contribution in [-0.4, -0.2) is 68.3 Å². The van der Waals surface area contributed by atoms with Crippen molar-refractivity contribution in [3.05, 3.63) is 0 Å². The summed E-state index contributed by atoms with van der Waals surface area (Å²) in [5.41, 5.74) is -0.799. The Labute approximate surface area is 316 Å². The van der Waals surface area contributed by atoms with Gasteiger partial charge in [0, 0.05) is 25.7 Å². The van der Waals surface area contributed by atoms with E-state index in [-0.39, 0.29) is 75.4 Å². The Morgan fingerprint density at radius 2 is 0.827 bits per heavy atom. The Kier molecular flexibility index (Phi) is 26.8. The molecule has 1 aliphatic rings. The highest BCUT2D eigenvalue weighted by atomic mass is 16.7. The molecule has 0 bridgehead atoms. The standard InChI is InChI=1S/C42H76O10/c1-7-9-11-13-15-19-25-35(3)51-39(45)29-23-17-21-27-37(43)47-31-42(33-49-41(5,6)50-34-42)32-48-38(44)28-22-18-24-30-40(46)52-36(4)26-20-16-14-12-10-8-2/h35-36H,7-34H2,1-6H3. The lowest BCUT2D eigenvalue weighted by molar-refractivity contribution is -0.296. The Morgan fingerprint density at radius 1 is 0.500 bits per heavy atom. The van der Waals surface area contributed by atoms with Crippen molar-refractivity contribution in [3.63, 3.8) is 0 Å². The summed E-state index contributed by atoms with van der Waals surface area (Å²) in [4.78, 5) is 49.6. The van der Waals surface area contributed by atoms with Gasteiger partial charge in [0.05, 0.1) is 30.8 Å². The predicted octanol–water partition coefficient (Wildman–Crippen LogP) is 10.1. The SMILES string of the molecule is CCCCCCCCC(C)OC(=O)CCCCCC(=O)OCC1(COC(=O)CCCCCC(=O)OC(C)CCCCCCCC)COC(C)(C)OC1. The summed E-state index contributed by atoms with van der Waals surface area (Å²) in [6.07, 6.45) is 21.4. The minimum Gasteiger partial charge on any atom is -0.465 e. The molecule has 1 rings (SSSR count). The lowest BCUT2D eigenvalue weighted by Crippen LogP contribution is -2.51. The van der Waals surface area contributed by atoms with Gasteiger partial charge in [0.2, 0.25) is 0 Å². The fraction of sp³-hybridized carbons (Fsp3) is 0.905. The van der Waals surface area contributed by atoms with Crippen LogP contribution in [0.3, 0.4) is 0 Å². The Balaban J connectivity index is 2.26. The van der Waals surface area contributed by atoms with Gasteiger partial charge in [-0.05, 0) is 79.1 Å². The molecule has 304 valence electrons. The zero-order valence-corrected chi connectivity index (χ0v) is 34.0. The third kappa shape index (κ3) is 25.7. The number of carbonyl (C=O) groups excluding carboxylic acids is 4. The highest BCUT2D eigenvalue weighted by Gasteiger charge is 2.42. The quantitative estimate of drug-likeness (QED) is 0.0374. The molecule has 0 spiro atoms. The van der Waals surface area contributed by atoms with E-state index in [2.05, 4.69) is 13.8 Å². The molecule has 0 aliphatic carbocycles. The van der Waals surface area contributed by atoms with Crippen LogP contribution in [-0.2, 0) is 47.6 Å². The largest absolute Gasteiger partial charge is 0.465 e. The number of hydrogen-bond acceptors (Lipinski definition) is 10. The number of rotatable bonds is 32. The summed E-state index contributed by atoms with van der Waals surface area (Å²) >= 11 is 0. The Hall–Kier alpha value is -2.20. The van der Waals surface area contributed by atoms with Gasteiger partial charge in [-0.3, -0.25) is 19.2 Å². The average Bonchev–Trinajstić information content (AvgIpc) is 3.10. The maximum atomic E-state index is 12.6. The number of carbonyl (C=O) groups is 4. The molecule has 0 saturated carbocycles.